The van der Waals surface area contributed by atoms with Crippen molar-refractivity contribution in [1.29, 1.82) is 0 Å². The van der Waals surface area contributed by atoms with E-state index in [9.17, 15) is 9.59 Å². The van der Waals surface area contributed by atoms with Gasteiger partial charge in [0.25, 0.3) is 5.91 Å². The van der Waals surface area contributed by atoms with E-state index in [0.717, 1.165) is 48.0 Å². The van der Waals surface area contributed by atoms with Crippen LogP contribution in [0.1, 0.15) is 54.9 Å². The second kappa shape index (κ2) is 13.9. The monoisotopic (exact) mass is 646 g/mol. The number of aromatic nitrogens is 2. The van der Waals surface area contributed by atoms with Gasteiger partial charge in [0.15, 0.2) is 0 Å². The van der Waals surface area contributed by atoms with Crippen LogP contribution in [0, 0.1) is 5.92 Å². The van der Waals surface area contributed by atoms with Gasteiger partial charge in [0, 0.05) is 17.0 Å². The van der Waals surface area contributed by atoms with E-state index >= 15 is 8.42 Å². The number of rotatable bonds is 12. The summed E-state index contributed by atoms with van der Waals surface area (Å²) in [5, 5.41) is 7.70. The number of benzene rings is 3. The molecule has 1 N–H and O–H groups in total. The first-order valence-corrected chi connectivity index (χ1v) is 17.9. The minimum Gasteiger partial charge on any atom is -0.326 e. The number of amides is 1. The number of carbonyl (C=O) groups excluding carboxylic acids is 2. The van der Waals surface area contributed by atoms with Crippen molar-refractivity contribution in [1.82, 2.24) is 13.9 Å². The van der Waals surface area contributed by atoms with Crippen molar-refractivity contribution in [2.45, 2.75) is 70.2 Å². The number of hydrogen-bond donors (Lipinski definition) is 1. The number of nitrogens with zero attached hydrogens (tertiary/aromatic N) is 3. The minimum atomic E-state index is -4.18. The lowest BCUT2D eigenvalue weighted by Gasteiger charge is -2.31. The zero-order valence-corrected chi connectivity index (χ0v) is 28.0. The molecule has 47 heavy (non-hydrogen) atoms. The fourth-order valence-electron chi connectivity index (χ4n) is 6.61. The molecule has 0 bridgehead atoms. The van der Waals surface area contributed by atoms with Crippen LogP contribution in [-0.2, 0) is 27.5 Å². The highest BCUT2D eigenvalue weighted by Crippen LogP contribution is 2.35. The predicted octanol–water partition coefficient (Wildman–Crippen LogP) is 6.88. The largest absolute Gasteiger partial charge is 0.326 e. The zero-order valence-electron chi connectivity index (χ0n) is 27.2. The average molecular weight is 646 g/mol. The van der Waals surface area contributed by atoms with Gasteiger partial charge in [-0.25, -0.2) is 8.42 Å². The highest BCUT2D eigenvalue weighted by Gasteiger charge is 2.39. The van der Waals surface area contributed by atoms with Gasteiger partial charge < -0.3 is 5.32 Å². The zero-order chi connectivity index (χ0) is 33.1. The van der Waals surface area contributed by atoms with Crippen LogP contribution < -0.4 is 5.32 Å². The van der Waals surface area contributed by atoms with Crippen molar-refractivity contribution in [3.05, 3.63) is 113 Å². The van der Waals surface area contributed by atoms with Gasteiger partial charge in [-0.3, -0.25) is 13.7 Å². The van der Waals surface area contributed by atoms with E-state index in [1.54, 1.807) is 10.2 Å². The maximum atomic E-state index is 15.0. The van der Waals surface area contributed by atoms with E-state index in [1.165, 1.54) is 16.9 Å². The Kier molecular flexibility index (Phi) is 9.66. The number of anilines is 1. The Bertz CT molecular complexity index is 1910. The number of allylic oxidation sites excluding steroid dienone is 3. The molecule has 2 aliphatic carbocycles. The van der Waals surface area contributed by atoms with E-state index in [-0.39, 0.29) is 29.0 Å². The predicted molar refractivity (Wildman–Crippen MR) is 190 cm³/mol. The molecule has 1 saturated carbocycles. The molecule has 1 fully saturated rings. The number of hydrogen-bond acceptors (Lipinski definition) is 5. The van der Waals surface area contributed by atoms with Crippen molar-refractivity contribution >= 4 is 52.1 Å². The molecule has 3 aromatic carbocycles. The molecule has 8 nitrogen and oxygen atoms in total. The maximum absolute atomic E-state index is 15.0. The number of fused-ring (bicyclic) bond motifs is 1. The molecule has 0 radical (unpaired) electrons. The lowest BCUT2D eigenvalue weighted by molar-refractivity contribution is -0.115. The lowest BCUT2D eigenvalue weighted by atomic mass is 9.48. The maximum Gasteiger partial charge on any atom is 0.250 e. The van der Waals surface area contributed by atoms with E-state index in [2.05, 4.69) is 22.6 Å². The molecule has 0 spiro atoms. The standard InChI is InChI=1S/C36H40B2N4O4S/c1-26-12-10-11-17-30(26)20-35(43)40-31-21-33-32(25-39-41(33)36(44)29-18-19-29)34(22-31)47(45,46)42(37(2)23-27-13-6-4-7-14-27)38(3)24-28-15-8-5-9-16-28/h4-9,12-17,21-22,25,29H,10-11,18-20,23-24H2,1-3H3,(H,40,43). The van der Waals surface area contributed by atoms with Crippen LogP contribution in [0.4, 0.5) is 5.69 Å². The summed E-state index contributed by atoms with van der Waals surface area (Å²) in [5.74, 6) is -0.538. The van der Waals surface area contributed by atoms with Gasteiger partial charge in [-0.05, 0) is 63.0 Å². The third-order valence-electron chi connectivity index (χ3n) is 9.11. The second-order valence-electron chi connectivity index (χ2n) is 12.9. The summed E-state index contributed by atoms with van der Waals surface area (Å²) in [6.45, 7) is 5.07. The molecule has 240 valence electrons. The third-order valence-corrected chi connectivity index (χ3v) is 11.3. The lowest BCUT2D eigenvalue weighted by Crippen LogP contribution is -2.52. The Morgan fingerprint density at radius 2 is 1.51 bits per heavy atom. The van der Waals surface area contributed by atoms with Crippen molar-refractivity contribution < 1.29 is 18.0 Å². The summed E-state index contributed by atoms with van der Waals surface area (Å²) in [6, 6.07) is 22.9. The van der Waals surface area contributed by atoms with Crippen LogP contribution in [0.25, 0.3) is 10.9 Å². The highest BCUT2D eigenvalue weighted by atomic mass is 32.2. The van der Waals surface area contributed by atoms with Gasteiger partial charge in [0.2, 0.25) is 29.6 Å². The molecule has 6 rings (SSSR count). The van der Waals surface area contributed by atoms with Gasteiger partial charge in [-0.1, -0.05) is 103 Å². The Hall–Kier alpha value is -4.21. The smallest absolute Gasteiger partial charge is 0.250 e. The van der Waals surface area contributed by atoms with Crippen LogP contribution in [-0.4, -0.2) is 47.8 Å². The summed E-state index contributed by atoms with van der Waals surface area (Å²) in [4.78, 5) is 26.6. The number of carbonyl (C=O) groups is 2. The van der Waals surface area contributed by atoms with E-state index < -0.39 is 23.7 Å². The van der Waals surface area contributed by atoms with Crippen LogP contribution in [0.15, 0.2) is 107 Å². The first-order valence-electron chi connectivity index (χ1n) is 16.4. The molecular formula is C36H40B2N4O4S. The fourth-order valence-corrected chi connectivity index (χ4v) is 8.65. The number of sulfonamides is 1. The SMILES string of the molecule is CB(Cc1ccccc1)N(B(C)Cc1ccccc1)S(=O)(=O)c1cc(NC(=O)CC2=CCCC=C2C)cc2c1cnn2C(=O)C1CC1. The molecule has 0 atom stereocenters. The normalized spacial score (nSPS) is 14.9. The van der Waals surface area contributed by atoms with Crippen LogP contribution >= 0.6 is 0 Å². The first kappa shape index (κ1) is 32.7. The topological polar surface area (TPSA) is 101 Å². The highest BCUT2D eigenvalue weighted by molar-refractivity contribution is 7.91. The van der Waals surface area contributed by atoms with E-state index in [4.69, 9.17) is 0 Å². The summed E-state index contributed by atoms with van der Waals surface area (Å²) in [7, 11) is -4.18. The van der Waals surface area contributed by atoms with Crippen molar-refractivity contribution in [3.63, 3.8) is 0 Å². The van der Waals surface area contributed by atoms with Crippen LogP contribution in [0.2, 0.25) is 13.6 Å². The van der Waals surface area contributed by atoms with Gasteiger partial charge in [0.05, 0.1) is 23.0 Å². The molecule has 2 aliphatic rings. The van der Waals surface area contributed by atoms with E-state index in [1.807, 2.05) is 81.2 Å². The summed E-state index contributed by atoms with van der Waals surface area (Å²) >= 11 is 0. The molecule has 0 saturated heterocycles. The van der Waals surface area contributed by atoms with Gasteiger partial charge in [0.1, 0.15) is 0 Å². The minimum absolute atomic E-state index is 0.0212. The number of nitrogens with one attached hydrogen (secondary N) is 1. The fraction of sp³-hybridized carbons (Fsp3) is 0.306. The molecule has 1 aromatic heterocycles. The first-order chi connectivity index (χ1) is 22.6. The Morgan fingerprint density at radius 1 is 0.915 bits per heavy atom. The van der Waals surface area contributed by atoms with Crippen molar-refractivity contribution in [2.75, 3.05) is 5.32 Å². The van der Waals surface area contributed by atoms with E-state index in [0.29, 0.717) is 29.2 Å². The van der Waals surface area contributed by atoms with Crippen LogP contribution in [0.5, 0.6) is 0 Å². The molecular weight excluding hydrogens is 606 g/mol. The van der Waals surface area contributed by atoms with Crippen molar-refractivity contribution in [2.24, 2.45) is 5.92 Å². The molecule has 1 heterocycles. The summed E-state index contributed by atoms with van der Waals surface area (Å²) < 4.78 is 32.9. The van der Waals surface area contributed by atoms with Crippen molar-refractivity contribution in [3.8, 4) is 0 Å². The molecule has 0 unspecified atom stereocenters. The Labute approximate surface area is 278 Å². The quantitative estimate of drug-likeness (QED) is 0.169. The van der Waals surface area contributed by atoms with Gasteiger partial charge >= 0.3 is 0 Å². The molecule has 11 heteroatoms. The molecule has 1 amide bonds. The van der Waals surface area contributed by atoms with Crippen LogP contribution in [0.3, 0.4) is 0 Å². The molecule has 4 aromatic rings. The van der Waals surface area contributed by atoms with Gasteiger partial charge in [-0.2, -0.15) is 9.78 Å². The average Bonchev–Trinajstić information content (AvgIpc) is 3.81. The molecule has 0 aliphatic heterocycles. The summed E-state index contributed by atoms with van der Waals surface area (Å²) in [5.41, 5.74) is 4.79. The summed E-state index contributed by atoms with van der Waals surface area (Å²) in [6.07, 6.45) is 10.3. The Morgan fingerprint density at radius 3 is 2.09 bits per heavy atom. The Balaban J connectivity index is 1.42. The van der Waals surface area contributed by atoms with Gasteiger partial charge in [-0.15, -0.1) is 0 Å². The third kappa shape index (κ3) is 7.36. The second-order valence-corrected chi connectivity index (χ2v) is 14.7.